The average molecular weight is 389 g/mol. The second-order valence-electron chi connectivity index (χ2n) is 5.76. The molecule has 1 aromatic carbocycles. The first-order chi connectivity index (χ1) is 11.8. The molecule has 7 nitrogen and oxygen atoms in total. The normalized spacial score (nSPS) is 17.7. The van der Waals surface area contributed by atoms with Crippen LogP contribution in [0.4, 0.5) is 19.6 Å². The minimum absolute atomic E-state index is 0.0605. The van der Waals surface area contributed by atoms with Gasteiger partial charge in [-0.3, -0.25) is 4.72 Å². The minimum Gasteiger partial charge on any atom is -0.370 e. The monoisotopic (exact) mass is 389 g/mol. The van der Waals surface area contributed by atoms with Gasteiger partial charge in [-0.25, -0.2) is 22.2 Å². The first kappa shape index (κ1) is 18.0. The van der Waals surface area contributed by atoms with Crippen molar-refractivity contribution in [3.05, 3.63) is 29.6 Å². The summed E-state index contributed by atoms with van der Waals surface area (Å²) in [4.78, 5) is 4.43. The summed E-state index contributed by atoms with van der Waals surface area (Å²) < 4.78 is 59.7. The molecular formula is C14H17F2N5O2S2. The summed E-state index contributed by atoms with van der Waals surface area (Å²) in [6.45, 7) is 2.97. The molecule has 1 fully saturated rings. The van der Waals surface area contributed by atoms with Crippen molar-refractivity contribution in [1.29, 1.82) is 0 Å². The number of aromatic nitrogens is 2. The van der Waals surface area contributed by atoms with Gasteiger partial charge in [0.15, 0.2) is 10.7 Å². The molecule has 1 aromatic heterocycles. The van der Waals surface area contributed by atoms with Gasteiger partial charge in [-0.05, 0) is 26.0 Å². The molecule has 0 spiro atoms. The Balaban J connectivity index is 2.00. The van der Waals surface area contributed by atoms with E-state index in [1.165, 1.54) is 6.92 Å². The number of benzene rings is 1. The maximum absolute atomic E-state index is 14.8. The molecule has 0 aliphatic carbocycles. The Morgan fingerprint density at radius 2 is 2.20 bits per heavy atom. The molecule has 136 valence electrons. The van der Waals surface area contributed by atoms with E-state index < -0.39 is 26.6 Å². The van der Waals surface area contributed by atoms with Crippen molar-refractivity contribution in [2.24, 2.45) is 0 Å². The van der Waals surface area contributed by atoms with E-state index in [0.29, 0.717) is 12.2 Å². The molecule has 1 atom stereocenters. The standard InChI is InChI=1S/C14H17F2N5O2S2/c1-8-11(21(2)9-3-4-17-6-9)5-10(15)13(12(8)16)25(22,23)20-14-18-7-19-24-14/h5,7,9,17H,3-4,6H2,1-2H3,(H,18,19,20)/t9-/m0/s1. The summed E-state index contributed by atoms with van der Waals surface area (Å²) in [6, 6.07) is 1.16. The van der Waals surface area contributed by atoms with E-state index in [9.17, 15) is 17.2 Å². The summed E-state index contributed by atoms with van der Waals surface area (Å²) in [5.41, 5.74) is 0.409. The molecule has 2 N–H and O–H groups in total. The van der Waals surface area contributed by atoms with Crippen molar-refractivity contribution >= 4 is 32.4 Å². The zero-order valence-corrected chi connectivity index (χ0v) is 15.2. The van der Waals surface area contributed by atoms with Crippen LogP contribution in [-0.4, -0.2) is 44.0 Å². The molecule has 1 aliphatic rings. The summed E-state index contributed by atoms with van der Waals surface area (Å²) in [7, 11) is -2.71. The van der Waals surface area contributed by atoms with E-state index >= 15 is 0 Å². The van der Waals surface area contributed by atoms with Crippen LogP contribution in [0.2, 0.25) is 0 Å². The van der Waals surface area contributed by atoms with Gasteiger partial charge < -0.3 is 10.2 Å². The number of nitrogens with zero attached hydrogens (tertiary/aromatic N) is 3. The smallest absolute Gasteiger partial charge is 0.269 e. The third-order valence-electron chi connectivity index (χ3n) is 4.21. The van der Waals surface area contributed by atoms with Crippen LogP contribution >= 0.6 is 11.5 Å². The van der Waals surface area contributed by atoms with E-state index in [1.807, 2.05) is 4.72 Å². The summed E-state index contributed by atoms with van der Waals surface area (Å²) >= 11 is 0.774. The second kappa shape index (κ2) is 6.81. The molecule has 0 saturated carbocycles. The van der Waals surface area contributed by atoms with Gasteiger partial charge in [0, 0.05) is 42.4 Å². The number of halogens is 2. The topological polar surface area (TPSA) is 87.2 Å². The number of hydrogen-bond acceptors (Lipinski definition) is 7. The highest BCUT2D eigenvalue weighted by Gasteiger charge is 2.30. The Bertz CT molecular complexity index is 868. The predicted molar refractivity (Wildman–Crippen MR) is 91.5 cm³/mol. The lowest BCUT2D eigenvalue weighted by Crippen LogP contribution is -2.34. The molecule has 1 aliphatic heterocycles. The van der Waals surface area contributed by atoms with Crippen molar-refractivity contribution < 1.29 is 17.2 Å². The lowest BCUT2D eigenvalue weighted by molar-refractivity contribution is 0.514. The van der Waals surface area contributed by atoms with E-state index in [4.69, 9.17) is 0 Å². The highest BCUT2D eigenvalue weighted by Crippen LogP contribution is 2.32. The average Bonchev–Trinajstić information content (AvgIpc) is 3.22. The van der Waals surface area contributed by atoms with Crippen molar-refractivity contribution in [2.45, 2.75) is 24.3 Å². The molecule has 3 rings (SSSR count). The largest absolute Gasteiger partial charge is 0.370 e. The molecular weight excluding hydrogens is 372 g/mol. The lowest BCUT2D eigenvalue weighted by atomic mass is 10.1. The van der Waals surface area contributed by atoms with Crippen molar-refractivity contribution in [2.75, 3.05) is 29.8 Å². The van der Waals surface area contributed by atoms with Gasteiger partial charge in [0.1, 0.15) is 12.1 Å². The van der Waals surface area contributed by atoms with Crippen LogP contribution in [0.15, 0.2) is 17.3 Å². The number of anilines is 2. The van der Waals surface area contributed by atoms with Gasteiger partial charge in [-0.15, -0.1) is 0 Å². The van der Waals surface area contributed by atoms with Gasteiger partial charge in [0.25, 0.3) is 10.0 Å². The van der Waals surface area contributed by atoms with E-state index in [-0.39, 0.29) is 16.7 Å². The number of nitrogens with one attached hydrogen (secondary N) is 2. The van der Waals surface area contributed by atoms with Gasteiger partial charge in [-0.2, -0.15) is 4.37 Å². The van der Waals surface area contributed by atoms with Gasteiger partial charge in [-0.1, -0.05) is 0 Å². The number of rotatable bonds is 5. The molecule has 0 unspecified atom stereocenters. The van der Waals surface area contributed by atoms with E-state index in [2.05, 4.69) is 14.7 Å². The molecule has 2 aromatic rings. The highest BCUT2D eigenvalue weighted by molar-refractivity contribution is 7.93. The molecule has 0 amide bonds. The Morgan fingerprint density at radius 3 is 2.80 bits per heavy atom. The number of sulfonamides is 1. The fourth-order valence-electron chi connectivity index (χ4n) is 2.84. The first-order valence-corrected chi connectivity index (χ1v) is 9.78. The Hall–Kier alpha value is -1.85. The summed E-state index contributed by atoms with van der Waals surface area (Å²) in [5, 5.41) is 3.12. The third kappa shape index (κ3) is 3.44. The van der Waals surface area contributed by atoms with Crippen LogP contribution in [0.1, 0.15) is 12.0 Å². The first-order valence-electron chi connectivity index (χ1n) is 7.53. The predicted octanol–water partition coefficient (Wildman–Crippen LogP) is 1.72. The zero-order valence-electron chi connectivity index (χ0n) is 13.6. The maximum atomic E-state index is 14.8. The van der Waals surface area contributed by atoms with E-state index in [1.54, 1.807) is 11.9 Å². The van der Waals surface area contributed by atoms with Crippen LogP contribution in [0.5, 0.6) is 0 Å². The zero-order chi connectivity index (χ0) is 18.2. The molecule has 1 saturated heterocycles. The quantitative estimate of drug-likeness (QED) is 0.810. The Morgan fingerprint density at radius 1 is 1.44 bits per heavy atom. The maximum Gasteiger partial charge on any atom is 0.269 e. The summed E-state index contributed by atoms with van der Waals surface area (Å²) in [5.74, 6) is -2.25. The minimum atomic E-state index is -4.45. The molecule has 11 heteroatoms. The highest BCUT2D eigenvalue weighted by atomic mass is 32.2. The van der Waals surface area contributed by atoms with Crippen molar-refractivity contribution in [3.63, 3.8) is 0 Å². The Kier molecular flexibility index (Phi) is 4.89. The van der Waals surface area contributed by atoms with Crippen molar-refractivity contribution in [1.82, 2.24) is 14.7 Å². The van der Waals surface area contributed by atoms with Crippen LogP contribution in [0.25, 0.3) is 0 Å². The number of likely N-dealkylation sites (N-methyl/N-ethyl adjacent to an activating group) is 1. The SMILES string of the molecule is Cc1c(N(C)[C@H]2CCNC2)cc(F)c(S(=O)(=O)Nc2ncns2)c1F. The third-order valence-corrected chi connectivity index (χ3v) is 6.29. The van der Waals surface area contributed by atoms with Crippen LogP contribution in [0, 0.1) is 18.6 Å². The summed E-state index contributed by atoms with van der Waals surface area (Å²) in [6.07, 6.45) is 1.99. The van der Waals surface area contributed by atoms with Gasteiger partial charge in [0.05, 0.1) is 0 Å². The molecule has 2 heterocycles. The molecule has 0 radical (unpaired) electrons. The second-order valence-corrected chi connectivity index (χ2v) is 8.15. The van der Waals surface area contributed by atoms with Gasteiger partial charge in [0.2, 0.25) is 5.13 Å². The molecule has 0 bridgehead atoms. The van der Waals surface area contributed by atoms with Crippen LogP contribution in [-0.2, 0) is 10.0 Å². The fraction of sp³-hybridized carbons (Fsp3) is 0.429. The number of hydrogen-bond donors (Lipinski definition) is 2. The molecule has 25 heavy (non-hydrogen) atoms. The van der Waals surface area contributed by atoms with Gasteiger partial charge >= 0.3 is 0 Å². The van der Waals surface area contributed by atoms with Crippen LogP contribution < -0.4 is 14.9 Å². The Labute approximate surface area is 148 Å². The van der Waals surface area contributed by atoms with Crippen LogP contribution in [0.3, 0.4) is 0 Å². The fourth-order valence-corrected chi connectivity index (χ4v) is 4.70. The van der Waals surface area contributed by atoms with E-state index in [0.717, 1.165) is 36.9 Å². The van der Waals surface area contributed by atoms with Crippen molar-refractivity contribution in [3.8, 4) is 0 Å². The lowest BCUT2D eigenvalue weighted by Gasteiger charge is -2.28.